The first-order valence-electron chi connectivity index (χ1n) is 6.59. The molecule has 0 heterocycles. The highest BCUT2D eigenvalue weighted by Gasteiger charge is 2.03. The number of hydrogen-bond donors (Lipinski definition) is 1. The molecule has 1 N–H and O–H groups in total. The maximum Gasteiger partial charge on any atom is 0.306 e. The van der Waals surface area contributed by atoms with Gasteiger partial charge in [-0.3, -0.25) is 4.79 Å². The van der Waals surface area contributed by atoms with E-state index in [1.54, 1.807) is 6.92 Å². The third kappa shape index (κ3) is 7.25. The van der Waals surface area contributed by atoms with Crippen LogP contribution in [0.3, 0.4) is 0 Å². The molecule has 1 aromatic carbocycles. The molecule has 0 atom stereocenters. The van der Waals surface area contributed by atoms with E-state index in [1.165, 1.54) is 0 Å². The van der Waals surface area contributed by atoms with Gasteiger partial charge in [0.05, 0.1) is 12.9 Å². The maximum atomic E-state index is 11.2. The first-order valence-corrected chi connectivity index (χ1v) is 8.48. The van der Waals surface area contributed by atoms with E-state index in [0.29, 0.717) is 32.4 Å². The molecule has 0 aliphatic rings. The molecular formula is C14H21NO4S. The molecule has 0 saturated carbocycles. The second-order valence-electron chi connectivity index (χ2n) is 4.54. The van der Waals surface area contributed by atoms with Crippen molar-refractivity contribution in [3.63, 3.8) is 0 Å². The van der Waals surface area contributed by atoms with Gasteiger partial charge in [0.25, 0.3) is 0 Å². The molecule has 112 valence electrons. The van der Waals surface area contributed by atoms with E-state index in [4.69, 9.17) is 4.74 Å². The van der Waals surface area contributed by atoms with E-state index in [1.807, 2.05) is 24.3 Å². The number of nitrogens with one attached hydrogen (secondary N) is 1. The highest BCUT2D eigenvalue weighted by atomic mass is 32.2. The molecule has 0 radical (unpaired) electrons. The Bertz CT molecular complexity index is 523. The molecule has 0 aliphatic heterocycles. The number of ether oxygens (including phenoxy) is 1. The Morgan fingerprint density at radius 3 is 2.20 bits per heavy atom. The predicted octanol–water partition coefficient (Wildman–Crippen LogP) is 1.27. The van der Waals surface area contributed by atoms with Gasteiger partial charge in [-0.15, -0.1) is 0 Å². The Labute approximate surface area is 120 Å². The molecule has 0 unspecified atom stereocenters. The van der Waals surface area contributed by atoms with Crippen molar-refractivity contribution >= 4 is 16.0 Å². The third-order valence-corrected chi connectivity index (χ3v) is 3.45. The van der Waals surface area contributed by atoms with Crippen LogP contribution < -0.4 is 4.72 Å². The summed E-state index contributed by atoms with van der Waals surface area (Å²) in [6.07, 6.45) is 2.82. The quantitative estimate of drug-likeness (QED) is 0.734. The molecular weight excluding hydrogens is 278 g/mol. The summed E-state index contributed by atoms with van der Waals surface area (Å²) in [6, 6.07) is 7.80. The summed E-state index contributed by atoms with van der Waals surface area (Å²) in [4.78, 5) is 11.2. The number of esters is 1. The van der Waals surface area contributed by atoms with Crippen LogP contribution in [0.2, 0.25) is 0 Å². The van der Waals surface area contributed by atoms with Gasteiger partial charge >= 0.3 is 5.97 Å². The van der Waals surface area contributed by atoms with Crippen molar-refractivity contribution < 1.29 is 17.9 Å². The average molecular weight is 299 g/mol. The van der Waals surface area contributed by atoms with Crippen LogP contribution in [-0.2, 0) is 32.4 Å². The number of aryl methyl sites for hydroxylation is 1. The Morgan fingerprint density at radius 1 is 1.15 bits per heavy atom. The van der Waals surface area contributed by atoms with Crippen LogP contribution in [-0.4, -0.2) is 33.8 Å². The number of benzene rings is 1. The summed E-state index contributed by atoms with van der Waals surface area (Å²) in [7, 11) is -3.13. The molecule has 1 rings (SSSR count). The van der Waals surface area contributed by atoms with Crippen LogP contribution >= 0.6 is 0 Å². The van der Waals surface area contributed by atoms with Crippen molar-refractivity contribution in [2.24, 2.45) is 0 Å². The van der Waals surface area contributed by atoms with Crippen molar-refractivity contribution in [1.82, 2.24) is 4.72 Å². The maximum absolute atomic E-state index is 11.2. The Hall–Kier alpha value is -1.40. The fourth-order valence-electron chi connectivity index (χ4n) is 1.73. The molecule has 0 aliphatic carbocycles. The lowest BCUT2D eigenvalue weighted by Gasteiger charge is -2.05. The van der Waals surface area contributed by atoms with Crippen LogP contribution in [0.25, 0.3) is 0 Å². The van der Waals surface area contributed by atoms with Gasteiger partial charge in [0.1, 0.15) is 0 Å². The predicted molar refractivity (Wildman–Crippen MR) is 77.9 cm³/mol. The van der Waals surface area contributed by atoms with Gasteiger partial charge in [0.2, 0.25) is 10.0 Å². The first-order chi connectivity index (χ1) is 9.40. The van der Waals surface area contributed by atoms with Crippen LogP contribution in [0.1, 0.15) is 24.5 Å². The summed E-state index contributed by atoms with van der Waals surface area (Å²) >= 11 is 0. The Morgan fingerprint density at radius 2 is 1.70 bits per heavy atom. The topological polar surface area (TPSA) is 72.5 Å². The molecule has 0 saturated heterocycles. The van der Waals surface area contributed by atoms with Crippen LogP contribution in [0.4, 0.5) is 0 Å². The van der Waals surface area contributed by atoms with Crippen LogP contribution in [0.15, 0.2) is 24.3 Å². The molecule has 0 aromatic heterocycles. The van der Waals surface area contributed by atoms with E-state index >= 15 is 0 Å². The monoisotopic (exact) mass is 299 g/mol. The minimum Gasteiger partial charge on any atom is -0.466 e. The largest absolute Gasteiger partial charge is 0.466 e. The SMILES string of the molecule is CCOC(=O)CCc1ccc(CCNS(C)(=O)=O)cc1. The van der Waals surface area contributed by atoms with Gasteiger partial charge in [-0.2, -0.15) is 0 Å². The van der Waals surface area contributed by atoms with Crippen LogP contribution in [0, 0.1) is 0 Å². The summed E-state index contributed by atoms with van der Waals surface area (Å²) < 4.78 is 29.2. The van der Waals surface area contributed by atoms with E-state index in [0.717, 1.165) is 17.4 Å². The Balaban J connectivity index is 2.38. The zero-order valence-electron chi connectivity index (χ0n) is 11.9. The molecule has 20 heavy (non-hydrogen) atoms. The molecule has 0 bridgehead atoms. The highest BCUT2D eigenvalue weighted by Crippen LogP contribution is 2.08. The highest BCUT2D eigenvalue weighted by molar-refractivity contribution is 7.88. The average Bonchev–Trinajstić information content (AvgIpc) is 2.37. The zero-order valence-corrected chi connectivity index (χ0v) is 12.7. The molecule has 0 spiro atoms. The van der Waals surface area contributed by atoms with E-state index in [-0.39, 0.29) is 5.97 Å². The van der Waals surface area contributed by atoms with Gasteiger partial charge in [-0.25, -0.2) is 13.1 Å². The number of sulfonamides is 1. The third-order valence-electron chi connectivity index (χ3n) is 2.72. The molecule has 0 amide bonds. The number of hydrogen-bond acceptors (Lipinski definition) is 4. The number of carbonyl (C=O) groups is 1. The molecule has 5 nitrogen and oxygen atoms in total. The lowest BCUT2D eigenvalue weighted by molar-refractivity contribution is -0.143. The second kappa shape index (κ2) is 8.01. The normalized spacial score (nSPS) is 11.3. The first kappa shape index (κ1) is 16.7. The van der Waals surface area contributed by atoms with E-state index < -0.39 is 10.0 Å². The lowest BCUT2D eigenvalue weighted by atomic mass is 10.1. The minimum absolute atomic E-state index is 0.186. The number of rotatable bonds is 8. The van der Waals surface area contributed by atoms with Crippen molar-refractivity contribution in [3.05, 3.63) is 35.4 Å². The second-order valence-corrected chi connectivity index (χ2v) is 6.37. The van der Waals surface area contributed by atoms with Crippen molar-refractivity contribution in [1.29, 1.82) is 0 Å². The zero-order chi connectivity index (χ0) is 15.0. The fraction of sp³-hybridized carbons (Fsp3) is 0.500. The standard InChI is InChI=1S/C14H21NO4S/c1-3-19-14(16)9-8-12-4-6-13(7-5-12)10-11-15-20(2,17)18/h4-7,15H,3,8-11H2,1-2H3. The smallest absolute Gasteiger partial charge is 0.306 e. The molecule has 0 fully saturated rings. The van der Waals surface area contributed by atoms with Crippen molar-refractivity contribution in [3.8, 4) is 0 Å². The van der Waals surface area contributed by atoms with Gasteiger partial charge in [0.15, 0.2) is 0 Å². The fourth-order valence-corrected chi connectivity index (χ4v) is 2.21. The van der Waals surface area contributed by atoms with Crippen molar-refractivity contribution in [2.75, 3.05) is 19.4 Å². The van der Waals surface area contributed by atoms with Gasteiger partial charge in [-0.05, 0) is 30.9 Å². The van der Waals surface area contributed by atoms with Gasteiger partial charge < -0.3 is 4.74 Å². The van der Waals surface area contributed by atoms with E-state index in [2.05, 4.69) is 4.72 Å². The summed E-state index contributed by atoms with van der Waals surface area (Å²) in [5.41, 5.74) is 2.12. The Kier molecular flexibility index (Phi) is 6.67. The van der Waals surface area contributed by atoms with Crippen LogP contribution in [0.5, 0.6) is 0 Å². The molecule has 6 heteroatoms. The number of carbonyl (C=O) groups excluding carboxylic acids is 1. The lowest BCUT2D eigenvalue weighted by Crippen LogP contribution is -2.24. The molecule has 1 aromatic rings. The summed E-state index contributed by atoms with van der Waals surface area (Å²) in [5, 5.41) is 0. The summed E-state index contributed by atoms with van der Waals surface area (Å²) in [5.74, 6) is -0.186. The minimum atomic E-state index is -3.13. The van der Waals surface area contributed by atoms with Gasteiger partial charge in [0, 0.05) is 13.0 Å². The van der Waals surface area contributed by atoms with Gasteiger partial charge in [-0.1, -0.05) is 24.3 Å². The van der Waals surface area contributed by atoms with E-state index in [9.17, 15) is 13.2 Å². The summed E-state index contributed by atoms with van der Waals surface area (Å²) in [6.45, 7) is 2.59. The van der Waals surface area contributed by atoms with Crippen molar-refractivity contribution in [2.45, 2.75) is 26.2 Å².